The molecule has 1 aliphatic carbocycles. The second-order valence-corrected chi connectivity index (χ2v) is 5.50. The second-order valence-electron chi connectivity index (χ2n) is 5.50. The predicted molar refractivity (Wildman–Crippen MR) is 78.9 cm³/mol. The zero-order chi connectivity index (χ0) is 14.1. The number of nitriles is 1. The van der Waals surface area contributed by atoms with E-state index >= 15 is 0 Å². The monoisotopic (exact) mass is 266 g/mol. The molecule has 0 aliphatic heterocycles. The highest BCUT2D eigenvalue weighted by Crippen LogP contribution is 2.34. The van der Waals surface area contributed by atoms with Crippen molar-refractivity contribution in [2.75, 3.05) is 5.73 Å². The second kappa shape index (κ2) is 5.01. The number of benzene rings is 1. The lowest BCUT2D eigenvalue weighted by Gasteiger charge is -2.02. The highest BCUT2D eigenvalue weighted by molar-refractivity contribution is 5.68. The molecule has 1 aromatic carbocycles. The molecule has 0 amide bonds. The highest BCUT2D eigenvalue weighted by Gasteiger charge is 2.22. The van der Waals surface area contributed by atoms with Gasteiger partial charge in [-0.1, -0.05) is 25.0 Å². The number of hydrogen-bond acceptors (Lipinski definition) is 3. The van der Waals surface area contributed by atoms with Crippen LogP contribution in [0.5, 0.6) is 0 Å². The van der Waals surface area contributed by atoms with Crippen LogP contribution >= 0.6 is 0 Å². The minimum absolute atomic E-state index is 0.660. The number of hydrogen-bond donors (Lipinski definition) is 1. The first-order valence-corrected chi connectivity index (χ1v) is 7.02. The van der Waals surface area contributed by atoms with Crippen molar-refractivity contribution in [1.29, 1.82) is 5.26 Å². The third-order valence-corrected chi connectivity index (χ3v) is 3.97. The van der Waals surface area contributed by atoms with Gasteiger partial charge in [0.2, 0.25) is 0 Å². The number of nitrogens with two attached hydrogens (primary N) is 1. The number of nitrogen functional groups attached to an aromatic ring is 1. The maximum atomic E-state index is 8.84. The minimum atomic E-state index is 0.660. The van der Waals surface area contributed by atoms with E-state index in [9.17, 15) is 0 Å². The van der Waals surface area contributed by atoms with E-state index in [4.69, 9.17) is 11.0 Å². The van der Waals surface area contributed by atoms with Crippen LogP contribution in [0.2, 0.25) is 0 Å². The Morgan fingerprint density at radius 3 is 2.65 bits per heavy atom. The lowest BCUT2D eigenvalue weighted by atomic mass is 10.1. The zero-order valence-electron chi connectivity index (χ0n) is 11.6. The quantitative estimate of drug-likeness (QED) is 0.924. The fraction of sp³-hybridized carbons (Fsp3) is 0.375. The minimum Gasteiger partial charge on any atom is -0.384 e. The van der Waals surface area contributed by atoms with Crippen LogP contribution in [0.25, 0.3) is 11.3 Å². The molecule has 4 nitrogen and oxygen atoms in total. The van der Waals surface area contributed by atoms with Crippen molar-refractivity contribution in [3.63, 3.8) is 0 Å². The van der Waals surface area contributed by atoms with Crippen LogP contribution in [0, 0.1) is 24.2 Å². The molecule has 4 heteroatoms. The summed E-state index contributed by atoms with van der Waals surface area (Å²) in [4.78, 5) is 0. The molecule has 20 heavy (non-hydrogen) atoms. The van der Waals surface area contributed by atoms with Crippen LogP contribution in [-0.4, -0.2) is 9.78 Å². The van der Waals surface area contributed by atoms with E-state index in [-0.39, 0.29) is 0 Å². The molecule has 0 saturated heterocycles. The Morgan fingerprint density at radius 1 is 1.35 bits per heavy atom. The SMILES string of the molecule is Cc1c(-c2ccc(C#N)cc2)nn(CCC2CC2)c1N. The Kier molecular flexibility index (Phi) is 3.19. The van der Waals surface area contributed by atoms with Crippen LogP contribution in [0.15, 0.2) is 24.3 Å². The average molecular weight is 266 g/mol. The number of rotatable bonds is 4. The molecule has 1 heterocycles. The molecule has 3 rings (SSSR count). The van der Waals surface area contributed by atoms with Crippen molar-refractivity contribution in [3.8, 4) is 17.3 Å². The van der Waals surface area contributed by atoms with Gasteiger partial charge in [-0.25, -0.2) is 4.68 Å². The lowest BCUT2D eigenvalue weighted by Crippen LogP contribution is -2.05. The van der Waals surface area contributed by atoms with Gasteiger partial charge in [0.1, 0.15) is 5.82 Å². The van der Waals surface area contributed by atoms with Crippen LogP contribution in [0.3, 0.4) is 0 Å². The van der Waals surface area contributed by atoms with E-state index in [1.807, 2.05) is 35.9 Å². The van der Waals surface area contributed by atoms with Crippen LogP contribution in [0.1, 0.15) is 30.4 Å². The molecule has 1 fully saturated rings. The van der Waals surface area contributed by atoms with E-state index < -0.39 is 0 Å². The smallest absolute Gasteiger partial charge is 0.125 e. The molecule has 0 radical (unpaired) electrons. The molecule has 0 spiro atoms. The van der Waals surface area contributed by atoms with Gasteiger partial charge in [-0.05, 0) is 31.4 Å². The topological polar surface area (TPSA) is 67.6 Å². The van der Waals surface area contributed by atoms with Gasteiger partial charge < -0.3 is 5.73 Å². The molecule has 1 saturated carbocycles. The Morgan fingerprint density at radius 2 is 2.05 bits per heavy atom. The van der Waals surface area contributed by atoms with Crippen molar-refractivity contribution in [3.05, 3.63) is 35.4 Å². The van der Waals surface area contributed by atoms with Crippen molar-refractivity contribution in [2.24, 2.45) is 5.92 Å². The lowest BCUT2D eigenvalue weighted by molar-refractivity contribution is 0.554. The molecular weight excluding hydrogens is 248 g/mol. The summed E-state index contributed by atoms with van der Waals surface area (Å²) in [5.74, 6) is 1.63. The molecule has 0 bridgehead atoms. The van der Waals surface area contributed by atoms with Crippen LogP contribution in [0.4, 0.5) is 5.82 Å². The van der Waals surface area contributed by atoms with Crippen molar-refractivity contribution < 1.29 is 0 Å². The first-order valence-electron chi connectivity index (χ1n) is 7.02. The average Bonchev–Trinajstić information content (AvgIpc) is 3.26. The highest BCUT2D eigenvalue weighted by atomic mass is 15.3. The van der Waals surface area contributed by atoms with Crippen molar-refractivity contribution in [2.45, 2.75) is 32.7 Å². The van der Waals surface area contributed by atoms with Gasteiger partial charge in [-0.3, -0.25) is 0 Å². The number of nitrogens with zero attached hydrogens (tertiary/aromatic N) is 3. The number of aromatic nitrogens is 2. The fourth-order valence-corrected chi connectivity index (χ4v) is 2.42. The first kappa shape index (κ1) is 12.7. The van der Waals surface area contributed by atoms with E-state index in [1.54, 1.807) is 0 Å². The molecule has 1 aliphatic rings. The van der Waals surface area contributed by atoms with Crippen molar-refractivity contribution >= 4 is 5.82 Å². The van der Waals surface area contributed by atoms with E-state index in [2.05, 4.69) is 11.2 Å². The summed E-state index contributed by atoms with van der Waals surface area (Å²) in [7, 11) is 0. The van der Waals surface area contributed by atoms with E-state index in [0.29, 0.717) is 5.56 Å². The van der Waals surface area contributed by atoms with Gasteiger partial charge in [-0.2, -0.15) is 10.4 Å². The van der Waals surface area contributed by atoms with Gasteiger partial charge in [0.15, 0.2) is 0 Å². The van der Waals surface area contributed by atoms with Crippen LogP contribution in [-0.2, 0) is 6.54 Å². The van der Waals surface area contributed by atoms with Gasteiger partial charge in [0, 0.05) is 17.7 Å². The van der Waals surface area contributed by atoms with Gasteiger partial charge in [-0.15, -0.1) is 0 Å². The molecule has 0 atom stereocenters. The largest absolute Gasteiger partial charge is 0.384 e. The van der Waals surface area contributed by atoms with Crippen LogP contribution < -0.4 is 5.73 Å². The Balaban J connectivity index is 1.87. The normalized spacial score (nSPS) is 14.2. The fourth-order valence-electron chi connectivity index (χ4n) is 2.42. The summed E-state index contributed by atoms with van der Waals surface area (Å²) in [6.45, 7) is 2.90. The Labute approximate surface area is 118 Å². The Hall–Kier alpha value is -2.28. The van der Waals surface area contributed by atoms with Gasteiger partial charge >= 0.3 is 0 Å². The van der Waals surface area contributed by atoms with E-state index in [1.165, 1.54) is 12.8 Å². The van der Waals surface area contributed by atoms with Gasteiger partial charge in [0.25, 0.3) is 0 Å². The third kappa shape index (κ3) is 2.39. The first-order chi connectivity index (χ1) is 9.69. The third-order valence-electron chi connectivity index (χ3n) is 3.97. The van der Waals surface area contributed by atoms with Gasteiger partial charge in [0.05, 0.1) is 17.3 Å². The standard InChI is InChI=1S/C16H18N4/c1-11-15(14-6-4-13(10-17)5-7-14)19-20(16(11)18)9-8-12-2-3-12/h4-7,12H,2-3,8-9,18H2,1H3. The molecule has 1 aromatic heterocycles. The summed E-state index contributed by atoms with van der Waals surface area (Å²) in [6.07, 6.45) is 3.86. The van der Waals surface area contributed by atoms with Crippen molar-refractivity contribution in [1.82, 2.24) is 9.78 Å². The summed E-state index contributed by atoms with van der Waals surface area (Å²) in [5.41, 5.74) is 9.76. The summed E-state index contributed by atoms with van der Waals surface area (Å²) in [6, 6.07) is 9.61. The molecule has 2 N–H and O–H groups in total. The molecule has 102 valence electrons. The zero-order valence-corrected chi connectivity index (χ0v) is 11.6. The number of anilines is 1. The maximum Gasteiger partial charge on any atom is 0.125 e. The molecular formula is C16H18N4. The summed E-state index contributed by atoms with van der Waals surface area (Å²) in [5, 5.41) is 13.5. The van der Waals surface area contributed by atoms with E-state index in [0.717, 1.165) is 41.5 Å². The predicted octanol–water partition coefficient (Wildman–Crippen LogP) is 3.11. The summed E-state index contributed by atoms with van der Waals surface area (Å²) < 4.78 is 1.92. The molecule has 0 unspecified atom stereocenters. The number of aryl methyl sites for hydroxylation is 1. The summed E-state index contributed by atoms with van der Waals surface area (Å²) >= 11 is 0. The Bertz CT molecular complexity index is 657. The maximum absolute atomic E-state index is 8.84. The molecule has 2 aromatic rings.